The van der Waals surface area contributed by atoms with Gasteiger partial charge in [0.2, 0.25) is 15.9 Å². The maximum atomic E-state index is 14.1. The van der Waals surface area contributed by atoms with E-state index in [4.69, 9.17) is 16.3 Å². The van der Waals surface area contributed by atoms with E-state index in [1.807, 2.05) is 11.8 Å². The molecule has 2 aromatic rings. The molecule has 2 heterocycles. The second kappa shape index (κ2) is 10.5. The number of piperazine rings is 1. The van der Waals surface area contributed by atoms with Crippen molar-refractivity contribution >= 4 is 33.2 Å². The number of ether oxygens (including phenoxy) is 1. The van der Waals surface area contributed by atoms with Gasteiger partial charge in [-0.05, 0) is 50.1 Å². The number of amides is 1. The Morgan fingerprint density at radius 3 is 2.53 bits per heavy atom. The molecule has 0 aliphatic carbocycles. The lowest BCUT2D eigenvalue weighted by Gasteiger charge is -2.39. The van der Waals surface area contributed by atoms with Crippen LogP contribution in [0.15, 0.2) is 47.4 Å². The number of halogens is 2. The van der Waals surface area contributed by atoms with Gasteiger partial charge in [0, 0.05) is 39.3 Å². The first kappa shape index (κ1) is 24.8. The molecule has 2 fully saturated rings. The number of rotatable bonds is 6. The molecule has 4 rings (SSSR count). The Morgan fingerprint density at radius 1 is 1.12 bits per heavy atom. The molecule has 2 saturated heterocycles. The second-order valence-corrected chi connectivity index (χ2v) is 10.8. The smallest absolute Gasteiger partial charge is 0.243 e. The summed E-state index contributed by atoms with van der Waals surface area (Å²) >= 11 is 6.20. The highest BCUT2D eigenvalue weighted by atomic mass is 35.5. The molecule has 34 heavy (non-hydrogen) atoms. The van der Waals surface area contributed by atoms with E-state index < -0.39 is 15.9 Å². The Balaban J connectivity index is 1.40. The van der Waals surface area contributed by atoms with Crippen LogP contribution in [0.25, 0.3) is 0 Å². The predicted octanol–water partition coefficient (Wildman–Crippen LogP) is 3.63. The van der Waals surface area contributed by atoms with Crippen molar-refractivity contribution in [3.8, 4) is 5.75 Å². The Kier molecular flexibility index (Phi) is 7.64. The molecule has 7 nitrogen and oxygen atoms in total. The third-order valence-corrected chi connectivity index (χ3v) is 8.52. The van der Waals surface area contributed by atoms with Crippen LogP contribution < -0.4 is 9.64 Å². The van der Waals surface area contributed by atoms with E-state index in [1.165, 1.54) is 22.5 Å². The predicted molar refractivity (Wildman–Crippen MR) is 129 cm³/mol. The van der Waals surface area contributed by atoms with Gasteiger partial charge in [-0.1, -0.05) is 23.7 Å². The fourth-order valence-corrected chi connectivity index (χ4v) is 6.41. The first-order chi connectivity index (χ1) is 16.3. The number of hydrogen-bond donors (Lipinski definition) is 0. The summed E-state index contributed by atoms with van der Waals surface area (Å²) in [6.45, 7) is 4.77. The summed E-state index contributed by atoms with van der Waals surface area (Å²) in [5.74, 6) is -0.284. The van der Waals surface area contributed by atoms with Gasteiger partial charge in [0.1, 0.15) is 11.6 Å². The zero-order valence-electron chi connectivity index (χ0n) is 19.1. The van der Waals surface area contributed by atoms with Gasteiger partial charge < -0.3 is 14.5 Å². The third kappa shape index (κ3) is 5.16. The molecular weight excluding hydrogens is 481 g/mol. The average Bonchev–Trinajstić information content (AvgIpc) is 2.85. The highest BCUT2D eigenvalue weighted by Gasteiger charge is 2.36. The molecule has 10 heteroatoms. The van der Waals surface area contributed by atoms with Crippen LogP contribution in [0.2, 0.25) is 5.02 Å². The van der Waals surface area contributed by atoms with Crippen LogP contribution in [0.3, 0.4) is 0 Å². The Hall–Kier alpha value is -2.36. The fraction of sp³-hybridized carbons (Fsp3) is 0.458. The number of sulfonamides is 1. The SMILES string of the molecule is CCOc1ccc(S(=O)(=O)N2CCC[C@@H](C(=O)N3CCN(c4ccccc4F)CC3)C2)cc1Cl. The highest BCUT2D eigenvalue weighted by Crippen LogP contribution is 2.31. The average molecular weight is 510 g/mol. The minimum Gasteiger partial charge on any atom is -0.492 e. The normalized spacial score (nSPS) is 19.8. The number of anilines is 1. The number of piperidine rings is 1. The maximum absolute atomic E-state index is 14.1. The number of benzene rings is 2. The van der Waals surface area contributed by atoms with Crippen molar-refractivity contribution in [1.82, 2.24) is 9.21 Å². The lowest BCUT2D eigenvalue weighted by Crippen LogP contribution is -2.53. The molecule has 184 valence electrons. The third-order valence-electron chi connectivity index (χ3n) is 6.36. The van der Waals surface area contributed by atoms with Gasteiger partial charge in [-0.3, -0.25) is 4.79 Å². The number of para-hydroxylation sites is 1. The zero-order valence-corrected chi connectivity index (χ0v) is 20.7. The van der Waals surface area contributed by atoms with Crippen molar-refractivity contribution < 1.29 is 22.3 Å². The van der Waals surface area contributed by atoms with Crippen molar-refractivity contribution in [2.45, 2.75) is 24.7 Å². The number of hydrogen-bond acceptors (Lipinski definition) is 5. The number of nitrogens with zero attached hydrogens (tertiary/aromatic N) is 3. The van der Waals surface area contributed by atoms with Gasteiger partial charge in [-0.15, -0.1) is 0 Å². The summed E-state index contributed by atoms with van der Waals surface area (Å²) in [4.78, 5) is 17.0. The largest absolute Gasteiger partial charge is 0.492 e. The van der Waals surface area contributed by atoms with Crippen LogP contribution in [0.4, 0.5) is 10.1 Å². The molecule has 0 radical (unpaired) electrons. The standard InChI is InChI=1S/C24H29ClFN3O4S/c1-2-33-23-10-9-19(16-20(23)25)34(31,32)29-11-5-6-18(17-29)24(30)28-14-12-27(13-15-28)22-8-4-3-7-21(22)26/h3-4,7-10,16,18H,2,5-6,11-15,17H2,1H3/t18-/m1/s1. The van der Waals surface area contributed by atoms with Crippen LogP contribution in [-0.2, 0) is 14.8 Å². The van der Waals surface area contributed by atoms with Gasteiger partial charge in [0.05, 0.1) is 28.1 Å². The molecule has 2 aromatic carbocycles. The van der Waals surface area contributed by atoms with Gasteiger partial charge in [0.15, 0.2) is 0 Å². The molecule has 2 aliphatic heterocycles. The van der Waals surface area contributed by atoms with Crippen LogP contribution >= 0.6 is 11.6 Å². The molecule has 0 saturated carbocycles. The molecule has 0 aromatic heterocycles. The van der Waals surface area contributed by atoms with E-state index >= 15 is 0 Å². The van der Waals surface area contributed by atoms with Crippen LogP contribution in [0, 0.1) is 11.7 Å². The molecule has 1 atom stereocenters. The van der Waals surface area contributed by atoms with Crippen molar-refractivity contribution in [3.05, 3.63) is 53.3 Å². The quantitative estimate of drug-likeness (QED) is 0.595. The van der Waals surface area contributed by atoms with Crippen LogP contribution in [0.1, 0.15) is 19.8 Å². The van der Waals surface area contributed by atoms with E-state index in [0.717, 1.165) is 0 Å². The van der Waals surface area contributed by atoms with E-state index in [2.05, 4.69) is 0 Å². The van der Waals surface area contributed by atoms with Gasteiger partial charge in [0.25, 0.3) is 0 Å². The first-order valence-electron chi connectivity index (χ1n) is 11.5. The van der Waals surface area contributed by atoms with Gasteiger partial charge in [-0.25, -0.2) is 12.8 Å². The lowest BCUT2D eigenvalue weighted by molar-refractivity contribution is -0.137. The Morgan fingerprint density at radius 2 is 1.85 bits per heavy atom. The van der Waals surface area contributed by atoms with Crippen molar-refractivity contribution in [2.24, 2.45) is 5.92 Å². The van der Waals surface area contributed by atoms with Crippen molar-refractivity contribution in [2.75, 3.05) is 50.8 Å². The van der Waals surface area contributed by atoms with Gasteiger partial charge in [-0.2, -0.15) is 4.31 Å². The monoisotopic (exact) mass is 509 g/mol. The fourth-order valence-electron chi connectivity index (χ4n) is 4.56. The zero-order chi connectivity index (χ0) is 24.3. The topological polar surface area (TPSA) is 70.2 Å². The van der Waals surface area contributed by atoms with E-state index in [9.17, 15) is 17.6 Å². The molecule has 0 N–H and O–H groups in total. The number of carbonyl (C=O) groups excluding carboxylic acids is 1. The van der Waals surface area contributed by atoms with Crippen molar-refractivity contribution in [1.29, 1.82) is 0 Å². The minimum atomic E-state index is -3.79. The molecule has 0 bridgehead atoms. The molecule has 1 amide bonds. The first-order valence-corrected chi connectivity index (χ1v) is 13.3. The molecule has 2 aliphatic rings. The second-order valence-electron chi connectivity index (χ2n) is 8.49. The highest BCUT2D eigenvalue weighted by molar-refractivity contribution is 7.89. The van der Waals surface area contributed by atoms with E-state index in [0.29, 0.717) is 63.6 Å². The van der Waals surface area contributed by atoms with Crippen LogP contribution in [-0.4, -0.2) is 69.4 Å². The minimum absolute atomic E-state index is 0.0437. The number of carbonyl (C=O) groups is 1. The summed E-state index contributed by atoms with van der Waals surface area (Å²) in [6.07, 6.45) is 1.25. The van der Waals surface area contributed by atoms with E-state index in [-0.39, 0.29) is 28.2 Å². The molecule has 0 unspecified atom stereocenters. The van der Waals surface area contributed by atoms with Crippen molar-refractivity contribution in [3.63, 3.8) is 0 Å². The summed E-state index contributed by atoms with van der Waals surface area (Å²) in [7, 11) is -3.79. The molecule has 0 spiro atoms. The Bertz CT molecular complexity index is 1140. The maximum Gasteiger partial charge on any atom is 0.243 e. The lowest BCUT2D eigenvalue weighted by atomic mass is 9.97. The summed E-state index contributed by atoms with van der Waals surface area (Å²) in [5, 5.41) is 0.236. The van der Waals surface area contributed by atoms with Gasteiger partial charge >= 0.3 is 0 Å². The summed E-state index contributed by atoms with van der Waals surface area (Å²) < 4.78 is 47.4. The van der Waals surface area contributed by atoms with E-state index in [1.54, 1.807) is 29.2 Å². The summed E-state index contributed by atoms with van der Waals surface area (Å²) in [5.41, 5.74) is 0.540. The Labute approximate surface area is 205 Å². The molecular formula is C24H29ClFN3O4S. The summed E-state index contributed by atoms with van der Waals surface area (Å²) in [6, 6.07) is 11.1. The van der Waals surface area contributed by atoms with Crippen LogP contribution in [0.5, 0.6) is 5.75 Å².